The van der Waals surface area contributed by atoms with Crippen molar-refractivity contribution in [2.24, 2.45) is 0 Å². The van der Waals surface area contributed by atoms with Crippen LogP contribution in [-0.2, 0) is 20.9 Å². The second kappa shape index (κ2) is 8.49. The molecule has 2 aromatic rings. The Balaban J connectivity index is 1.55. The number of rotatable bonds is 4. The Morgan fingerprint density at radius 1 is 1.03 bits per heavy atom. The lowest BCUT2D eigenvalue weighted by molar-refractivity contribution is -0.134. The van der Waals surface area contributed by atoms with E-state index in [0.29, 0.717) is 25.8 Å². The number of hydrogen-bond acceptors (Lipinski definition) is 3. The third kappa shape index (κ3) is 4.10. The van der Waals surface area contributed by atoms with Gasteiger partial charge in [0.05, 0.1) is 12.5 Å². The Bertz CT molecular complexity index is 1050. The van der Waals surface area contributed by atoms with Crippen LogP contribution >= 0.6 is 0 Å². The van der Waals surface area contributed by atoms with Crippen LogP contribution in [0.25, 0.3) is 11.1 Å². The van der Waals surface area contributed by atoms with Crippen LogP contribution in [0.4, 0.5) is 0 Å². The number of hydrogen-bond donors (Lipinski definition) is 1. The SMILES string of the molecule is Cc1c(-c2ccc(CN3C=CC=CCC3=O)cc2)cccc1C1CCC(=O)NC1=O. The number of nitrogens with one attached hydrogen (secondary N) is 1. The molecule has 5 nitrogen and oxygen atoms in total. The maximum absolute atomic E-state index is 12.3. The summed E-state index contributed by atoms with van der Waals surface area (Å²) in [7, 11) is 0. The Morgan fingerprint density at radius 2 is 1.83 bits per heavy atom. The van der Waals surface area contributed by atoms with E-state index in [4.69, 9.17) is 0 Å². The molecule has 0 aliphatic carbocycles. The number of amides is 3. The zero-order valence-corrected chi connectivity index (χ0v) is 16.9. The van der Waals surface area contributed by atoms with E-state index < -0.39 is 0 Å². The first-order chi connectivity index (χ1) is 14.5. The van der Waals surface area contributed by atoms with Gasteiger partial charge in [-0.2, -0.15) is 0 Å². The van der Waals surface area contributed by atoms with E-state index in [0.717, 1.165) is 27.8 Å². The monoisotopic (exact) mass is 400 g/mol. The summed E-state index contributed by atoms with van der Waals surface area (Å²) >= 11 is 0. The highest BCUT2D eigenvalue weighted by atomic mass is 16.2. The van der Waals surface area contributed by atoms with Gasteiger partial charge in [0.2, 0.25) is 17.7 Å². The molecule has 2 aliphatic heterocycles. The summed E-state index contributed by atoms with van der Waals surface area (Å²) in [4.78, 5) is 37.7. The third-order valence-electron chi connectivity index (χ3n) is 5.73. The predicted octanol–water partition coefficient (Wildman–Crippen LogP) is 3.98. The summed E-state index contributed by atoms with van der Waals surface area (Å²) in [6.07, 6.45) is 8.77. The first kappa shape index (κ1) is 19.8. The van der Waals surface area contributed by atoms with Crippen molar-refractivity contribution in [1.82, 2.24) is 10.2 Å². The minimum Gasteiger partial charge on any atom is -0.314 e. The Labute approximate surface area is 176 Å². The van der Waals surface area contributed by atoms with Crippen LogP contribution in [0.1, 0.15) is 41.9 Å². The highest BCUT2D eigenvalue weighted by Crippen LogP contribution is 2.33. The summed E-state index contributed by atoms with van der Waals surface area (Å²) in [6, 6.07) is 14.2. The zero-order chi connectivity index (χ0) is 21.1. The number of imide groups is 1. The van der Waals surface area contributed by atoms with Gasteiger partial charge in [-0.1, -0.05) is 54.6 Å². The molecule has 1 unspecified atom stereocenters. The summed E-state index contributed by atoms with van der Waals surface area (Å²) in [5, 5.41) is 2.45. The van der Waals surface area contributed by atoms with Crippen molar-refractivity contribution in [3.05, 3.63) is 83.6 Å². The Hall–Kier alpha value is -3.47. The van der Waals surface area contributed by atoms with E-state index in [9.17, 15) is 14.4 Å². The molecule has 4 rings (SSSR count). The second-order valence-electron chi connectivity index (χ2n) is 7.72. The molecule has 1 saturated heterocycles. The fourth-order valence-electron chi connectivity index (χ4n) is 4.06. The molecule has 1 atom stereocenters. The van der Waals surface area contributed by atoms with Gasteiger partial charge < -0.3 is 4.90 Å². The molecule has 0 aromatic heterocycles. The van der Waals surface area contributed by atoms with Gasteiger partial charge in [-0.05, 0) is 47.2 Å². The third-order valence-corrected chi connectivity index (χ3v) is 5.73. The number of piperidine rings is 1. The molecule has 30 heavy (non-hydrogen) atoms. The van der Waals surface area contributed by atoms with E-state index >= 15 is 0 Å². The average molecular weight is 400 g/mol. The van der Waals surface area contributed by atoms with Crippen LogP contribution < -0.4 is 5.32 Å². The van der Waals surface area contributed by atoms with Crippen LogP contribution in [0.3, 0.4) is 0 Å². The summed E-state index contributed by atoms with van der Waals surface area (Å²) in [5.41, 5.74) is 5.20. The maximum atomic E-state index is 12.3. The molecule has 5 heteroatoms. The van der Waals surface area contributed by atoms with Gasteiger partial charge >= 0.3 is 0 Å². The first-order valence-electron chi connectivity index (χ1n) is 10.2. The van der Waals surface area contributed by atoms with Crippen molar-refractivity contribution in [2.75, 3.05) is 0 Å². The van der Waals surface area contributed by atoms with Crippen LogP contribution in [0.2, 0.25) is 0 Å². The van der Waals surface area contributed by atoms with E-state index in [1.54, 1.807) is 4.90 Å². The molecule has 2 aliphatic rings. The summed E-state index contributed by atoms with van der Waals surface area (Å²) in [6.45, 7) is 2.56. The van der Waals surface area contributed by atoms with Gasteiger partial charge in [0.1, 0.15) is 0 Å². The predicted molar refractivity (Wildman–Crippen MR) is 115 cm³/mol. The van der Waals surface area contributed by atoms with Crippen molar-refractivity contribution in [1.29, 1.82) is 0 Å². The average Bonchev–Trinajstić information content (AvgIpc) is 2.94. The Morgan fingerprint density at radius 3 is 2.60 bits per heavy atom. The van der Waals surface area contributed by atoms with Crippen LogP contribution in [-0.4, -0.2) is 22.6 Å². The van der Waals surface area contributed by atoms with Crippen molar-refractivity contribution < 1.29 is 14.4 Å². The molecular weight excluding hydrogens is 376 g/mol. The number of allylic oxidation sites excluding steroid dienone is 2. The molecule has 3 amide bonds. The van der Waals surface area contributed by atoms with Crippen molar-refractivity contribution in [3.63, 3.8) is 0 Å². The van der Waals surface area contributed by atoms with Crippen molar-refractivity contribution >= 4 is 17.7 Å². The highest BCUT2D eigenvalue weighted by Gasteiger charge is 2.29. The highest BCUT2D eigenvalue weighted by molar-refractivity contribution is 6.01. The maximum Gasteiger partial charge on any atom is 0.234 e. The molecule has 2 heterocycles. The smallest absolute Gasteiger partial charge is 0.234 e. The molecular formula is C25H24N2O3. The lowest BCUT2D eigenvalue weighted by Crippen LogP contribution is -2.39. The normalized spacial score (nSPS) is 19.0. The molecule has 0 radical (unpaired) electrons. The molecule has 1 N–H and O–H groups in total. The van der Waals surface area contributed by atoms with E-state index in [-0.39, 0.29) is 23.6 Å². The number of nitrogens with zero attached hydrogens (tertiary/aromatic N) is 1. The molecule has 1 fully saturated rings. The standard InChI is InChI=1S/C25H24N2O3/c1-17-20(6-5-7-21(17)22-13-14-23(28)26-25(22)30)19-11-9-18(10-12-19)16-27-15-4-2-3-8-24(27)29/h2-7,9-12,15,22H,8,13-14,16H2,1H3,(H,26,28,30). The fourth-order valence-corrected chi connectivity index (χ4v) is 4.06. The summed E-state index contributed by atoms with van der Waals surface area (Å²) in [5.74, 6) is -0.631. The lowest BCUT2D eigenvalue weighted by Gasteiger charge is -2.24. The quantitative estimate of drug-likeness (QED) is 0.790. The largest absolute Gasteiger partial charge is 0.314 e. The van der Waals surface area contributed by atoms with E-state index in [2.05, 4.69) is 17.4 Å². The first-order valence-corrected chi connectivity index (χ1v) is 10.2. The topological polar surface area (TPSA) is 66.5 Å². The van der Waals surface area contributed by atoms with Crippen molar-refractivity contribution in [3.8, 4) is 11.1 Å². The minimum absolute atomic E-state index is 0.0804. The van der Waals surface area contributed by atoms with Gasteiger partial charge in [0, 0.05) is 19.0 Å². The van der Waals surface area contributed by atoms with Crippen molar-refractivity contribution in [2.45, 2.75) is 38.6 Å². The minimum atomic E-state index is -0.295. The molecule has 0 spiro atoms. The van der Waals surface area contributed by atoms with E-state index in [1.807, 2.05) is 61.7 Å². The molecule has 152 valence electrons. The number of benzene rings is 2. The number of carbonyl (C=O) groups is 3. The lowest BCUT2D eigenvalue weighted by atomic mass is 9.85. The second-order valence-corrected chi connectivity index (χ2v) is 7.72. The van der Waals surface area contributed by atoms with Gasteiger partial charge in [0.15, 0.2) is 0 Å². The summed E-state index contributed by atoms with van der Waals surface area (Å²) < 4.78 is 0. The van der Waals surface area contributed by atoms with Gasteiger partial charge in [0.25, 0.3) is 0 Å². The van der Waals surface area contributed by atoms with Crippen LogP contribution in [0, 0.1) is 6.92 Å². The zero-order valence-electron chi connectivity index (χ0n) is 16.9. The van der Waals surface area contributed by atoms with Gasteiger partial charge in [-0.15, -0.1) is 0 Å². The molecule has 0 bridgehead atoms. The van der Waals surface area contributed by atoms with Gasteiger partial charge in [-0.25, -0.2) is 0 Å². The van der Waals surface area contributed by atoms with Crippen LogP contribution in [0.15, 0.2) is 66.9 Å². The molecule has 0 saturated carbocycles. The van der Waals surface area contributed by atoms with Crippen LogP contribution in [0.5, 0.6) is 0 Å². The fraction of sp³-hybridized carbons (Fsp3) is 0.240. The molecule has 2 aromatic carbocycles. The van der Waals surface area contributed by atoms with Gasteiger partial charge in [-0.3, -0.25) is 19.7 Å². The number of carbonyl (C=O) groups excluding carboxylic acids is 3. The Kier molecular flexibility index (Phi) is 5.61. The van der Waals surface area contributed by atoms with E-state index in [1.165, 1.54) is 0 Å².